The molecular weight excluding hydrogens is 217 g/mol. The first-order chi connectivity index (χ1) is 5.96. The topological polar surface area (TPSA) is 92.5 Å². The summed E-state index contributed by atoms with van der Waals surface area (Å²) < 4.78 is 36.7. The van der Waals surface area contributed by atoms with Crippen LogP contribution in [0.1, 0.15) is 0 Å². The maximum atomic E-state index is 10.7. The fraction of sp³-hybridized carbons (Fsp3) is 0.143. The number of ether oxygens (including phenoxy) is 1. The number of hydrogen-bond donors (Lipinski definition) is 1. The summed E-state index contributed by atoms with van der Waals surface area (Å²) >= 11 is 0. The van der Waals surface area contributed by atoms with Gasteiger partial charge in [0, 0.05) is 0 Å². The molecule has 0 bridgehead atoms. The van der Waals surface area contributed by atoms with E-state index in [-0.39, 0.29) is 41.0 Å². The molecule has 1 rings (SSSR count). The summed E-state index contributed by atoms with van der Waals surface area (Å²) in [4.78, 5) is -0.435. The van der Waals surface area contributed by atoms with E-state index in [0.29, 0.717) is 0 Å². The minimum atomic E-state index is -4.52. The van der Waals surface area contributed by atoms with Gasteiger partial charge in [-0.05, 0) is 12.1 Å². The Bertz CT molecular complexity index is 418. The van der Waals surface area contributed by atoms with Gasteiger partial charge in [0.15, 0.2) is 5.75 Å². The third-order valence-electron chi connectivity index (χ3n) is 1.48. The van der Waals surface area contributed by atoms with E-state index >= 15 is 0 Å². The molecule has 1 aromatic rings. The van der Waals surface area contributed by atoms with Gasteiger partial charge in [-0.3, -0.25) is 0 Å². The molecule has 14 heavy (non-hydrogen) atoms. The monoisotopic (exact) mass is 225 g/mol. The number of methoxy groups -OCH3 is 1. The molecule has 0 saturated heterocycles. The van der Waals surface area contributed by atoms with Crippen molar-refractivity contribution in [3.63, 3.8) is 0 Å². The van der Waals surface area contributed by atoms with Gasteiger partial charge in [0.05, 0.1) is 17.7 Å². The molecule has 0 aliphatic rings. The molecule has 1 aromatic carbocycles. The van der Waals surface area contributed by atoms with Crippen molar-refractivity contribution in [3.8, 4) is 5.75 Å². The molecule has 7 heteroatoms. The van der Waals surface area contributed by atoms with E-state index in [1.54, 1.807) is 0 Å². The van der Waals surface area contributed by atoms with Crippen LogP contribution in [0.15, 0.2) is 23.1 Å². The molecule has 0 aliphatic heterocycles. The Balaban J connectivity index is 0.00000169. The van der Waals surface area contributed by atoms with E-state index in [0.717, 1.165) is 6.07 Å². The number of rotatable bonds is 2. The number of hydrogen-bond acceptors (Lipinski definition) is 5. The molecule has 0 spiro atoms. The third-order valence-corrected chi connectivity index (χ3v) is 2.34. The summed E-state index contributed by atoms with van der Waals surface area (Å²) in [7, 11) is -3.27. The van der Waals surface area contributed by atoms with Gasteiger partial charge in [-0.25, -0.2) is 8.42 Å². The molecule has 2 N–H and O–H groups in total. The first kappa shape index (κ1) is 13.7. The Morgan fingerprint density at radius 1 is 1.43 bits per heavy atom. The van der Waals surface area contributed by atoms with Crippen molar-refractivity contribution in [2.45, 2.75) is 4.90 Å². The van der Waals surface area contributed by atoms with Gasteiger partial charge in [-0.15, -0.1) is 0 Å². The number of para-hydroxylation sites is 1. The summed E-state index contributed by atoms with van der Waals surface area (Å²) in [5.41, 5.74) is 5.52. The molecular formula is C7H8NNaO4S. The average Bonchev–Trinajstić information content (AvgIpc) is 2.02. The van der Waals surface area contributed by atoms with Crippen LogP contribution in [0.3, 0.4) is 0 Å². The van der Waals surface area contributed by atoms with Crippen molar-refractivity contribution in [2.75, 3.05) is 12.8 Å². The zero-order valence-corrected chi connectivity index (χ0v) is 10.7. The fourth-order valence-corrected chi connectivity index (χ4v) is 1.62. The standard InChI is InChI=1S/C7H9NO4S.Na/c1-12-7-5(8)3-2-4-6(7)13(9,10)11;/h2-4H,8H2,1H3,(H,9,10,11);/q;+1/p-1. The third kappa shape index (κ3) is 2.86. The molecule has 0 radical (unpaired) electrons. The Hall–Kier alpha value is -0.270. The Morgan fingerprint density at radius 3 is 2.36 bits per heavy atom. The molecule has 0 saturated carbocycles. The van der Waals surface area contributed by atoms with E-state index in [1.165, 1.54) is 19.2 Å². The molecule has 0 unspecified atom stereocenters. The predicted octanol–water partition coefficient (Wildman–Crippen LogP) is -2.81. The van der Waals surface area contributed by atoms with Gasteiger partial charge in [0.25, 0.3) is 0 Å². The summed E-state index contributed by atoms with van der Waals surface area (Å²) in [6.07, 6.45) is 0. The normalized spacial score (nSPS) is 10.4. The van der Waals surface area contributed by atoms with Crippen molar-refractivity contribution in [1.82, 2.24) is 0 Å². The SMILES string of the molecule is COc1c(N)cccc1S(=O)(=O)[O-].[Na+]. The predicted molar refractivity (Wildman–Crippen MR) is 45.4 cm³/mol. The molecule has 5 nitrogen and oxygen atoms in total. The molecule has 0 fully saturated rings. The van der Waals surface area contributed by atoms with E-state index in [4.69, 9.17) is 10.5 Å². The minimum Gasteiger partial charge on any atom is -0.744 e. The maximum absolute atomic E-state index is 10.7. The number of anilines is 1. The van der Waals surface area contributed by atoms with E-state index in [2.05, 4.69) is 0 Å². The molecule has 0 amide bonds. The van der Waals surface area contributed by atoms with Crippen molar-refractivity contribution in [2.24, 2.45) is 0 Å². The van der Waals surface area contributed by atoms with Gasteiger partial charge in [-0.1, -0.05) is 6.07 Å². The van der Waals surface area contributed by atoms with Crippen LogP contribution in [0.2, 0.25) is 0 Å². The van der Waals surface area contributed by atoms with E-state index in [9.17, 15) is 13.0 Å². The Kier molecular flexibility index (Phi) is 4.90. The first-order valence-corrected chi connectivity index (χ1v) is 4.76. The van der Waals surface area contributed by atoms with Crippen LogP contribution in [-0.2, 0) is 10.1 Å². The smallest absolute Gasteiger partial charge is 0.744 e. The minimum absolute atomic E-state index is 0. The van der Waals surface area contributed by atoms with E-state index in [1.807, 2.05) is 0 Å². The molecule has 0 heterocycles. The van der Waals surface area contributed by atoms with Gasteiger partial charge >= 0.3 is 29.6 Å². The number of benzene rings is 1. The fourth-order valence-electron chi connectivity index (χ4n) is 0.948. The van der Waals surface area contributed by atoms with Crippen molar-refractivity contribution < 1.29 is 47.3 Å². The zero-order chi connectivity index (χ0) is 10.1. The Morgan fingerprint density at radius 2 is 2.00 bits per heavy atom. The van der Waals surface area contributed by atoms with Crippen LogP contribution in [-0.4, -0.2) is 20.1 Å². The van der Waals surface area contributed by atoms with Crippen molar-refractivity contribution in [3.05, 3.63) is 18.2 Å². The van der Waals surface area contributed by atoms with Crippen LogP contribution in [0, 0.1) is 0 Å². The summed E-state index contributed by atoms with van der Waals surface area (Å²) in [5, 5.41) is 0. The number of nitrogens with two attached hydrogens (primary N) is 1. The summed E-state index contributed by atoms with van der Waals surface area (Å²) in [5.74, 6) is -0.0995. The molecule has 72 valence electrons. The maximum Gasteiger partial charge on any atom is 1.00 e. The molecule has 0 atom stereocenters. The van der Waals surface area contributed by atoms with Crippen LogP contribution in [0.25, 0.3) is 0 Å². The molecule has 0 aromatic heterocycles. The summed E-state index contributed by atoms with van der Waals surface area (Å²) in [6.45, 7) is 0. The van der Waals surface area contributed by atoms with Crippen molar-refractivity contribution in [1.29, 1.82) is 0 Å². The van der Waals surface area contributed by atoms with Gasteiger partial charge < -0.3 is 15.0 Å². The van der Waals surface area contributed by atoms with Crippen LogP contribution in [0.5, 0.6) is 5.75 Å². The largest absolute Gasteiger partial charge is 1.00 e. The summed E-state index contributed by atoms with van der Waals surface area (Å²) in [6, 6.07) is 3.98. The first-order valence-electron chi connectivity index (χ1n) is 3.35. The van der Waals surface area contributed by atoms with Gasteiger partial charge in [0.2, 0.25) is 0 Å². The van der Waals surface area contributed by atoms with Crippen LogP contribution in [0.4, 0.5) is 5.69 Å². The van der Waals surface area contributed by atoms with Gasteiger partial charge in [0.1, 0.15) is 10.1 Å². The van der Waals surface area contributed by atoms with Crippen LogP contribution < -0.4 is 40.0 Å². The number of nitrogen functional groups attached to an aromatic ring is 1. The Labute approximate surface area is 104 Å². The van der Waals surface area contributed by atoms with Crippen LogP contribution >= 0.6 is 0 Å². The van der Waals surface area contributed by atoms with Crippen molar-refractivity contribution >= 4 is 15.8 Å². The van der Waals surface area contributed by atoms with E-state index < -0.39 is 15.0 Å². The van der Waals surface area contributed by atoms with Gasteiger partial charge in [-0.2, -0.15) is 0 Å². The second kappa shape index (κ2) is 4.99. The zero-order valence-electron chi connectivity index (χ0n) is 7.85. The molecule has 0 aliphatic carbocycles. The quantitative estimate of drug-likeness (QED) is 0.333. The second-order valence-electron chi connectivity index (χ2n) is 2.33. The second-order valence-corrected chi connectivity index (χ2v) is 3.68. The average molecular weight is 225 g/mol.